The molecular formula is C17H27N. The summed E-state index contributed by atoms with van der Waals surface area (Å²) in [5.74, 6) is 1.54. The molecule has 2 atom stereocenters. The van der Waals surface area contributed by atoms with Gasteiger partial charge < -0.3 is 5.73 Å². The molecular weight excluding hydrogens is 218 g/mol. The standard InChI is InChI=1S/C17H27N/c1-4-15-5-7-16(8-6-15)12-17(18)10-13(2)9-14(3)11-17/h5-8,13-14H,4,9-12,18H2,1-3H3. The second-order valence-corrected chi connectivity index (χ2v) is 6.56. The summed E-state index contributed by atoms with van der Waals surface area (Å²) in [5, 5.41) is 0. The van der Waals surface area contributed by atoms with Gasteiger partial charge in [0, 0.05) is 5.54 Å². The average Bonchev–Trinajstić information content (AvgIpc) is 2.27. The molecule has 18 heavy (non-hydrogen) atoms. The molecule has 0 saturated heterocycles. The van der Waals surface area contributed by atoms with Crippen molar-refractivity contribution in [2.24, 2.45) is 17.6 Å². The lowest BCUT2D eigenvalue weighted by molar-refractivity contribution is 0.182. The van der Waals surface area contributed by atoms with E-state index in [2.05, 4.69) is 45.0 Å². The predicted octanol–water partition coefficient (Wildman–Crippen LogP) is 3.95. The van der Waals surface area contributed by atoms with E-state index in [4.69, 9.17) is 5.73 Å². The Labute approximate surface area is 112 Å². The number of hydrogen-bond acceptors (Lipinski definition) is 1. The van der Waals surface area contributed by atoms with Crippen molar-refractivity contribution in [2.45, 2.75) is 58.4 Å². The van der Waals surface area contributed by atoms with Gasteiger partial charge in [-0.1, -0.05) is 45.0 Å². The molecule has 1 fully saturated rings. The van der Waals surface area contributed by atoms with Crippen LogP contribution in [0.15, 0.2) is 24.3 Å². The first-order chi connectivity index (χ1) is 8.50. The number of hydrogen-bond donors (Lipinski definition) is 1. The van der Waals surface area contributed by atoms with Crippen LogP contribution in [0, 0.1) is 11.8 Å². The molecule has 0 aliphatic heterocycles. The van der Waals surface area contributed by atoms with Gasteiger partial charge in [0.1, 0.15) is 0 Å². The lowest BCUT2D eigenvalue weighted by Gasteiger charge is -2.40. The van der Waals surface area contributed by atoms with Gasteiger partial charge in [-0.15, -0.1) is 0 Å². The van der Waals surface area contributed by atoms with Crippen molar-refractivity contribution >= 4 is 0 Å². The van der Waals surface area contributed by atoms with E-state index in [1.54, 1.807) is 0 Å². The molecule has 1 aliphatic rings. The van der Waals surface area contributed by atoms with Crippen LogP contribution in [0.3, 0.4) is 0 Å². The molecule has 1 nitrogen and oxygen atoms in total. The second-order valence-electron chi connectivity index (χ2n) is 6.56. The van der Waals surface area contributed by atoms with Crippen LogP contribution in [0.5, 0.6) is 0 Å². The van der Waals surface area contributed by atoms with Crippen molar-refractivity contribution in [1.29, 1.82) is 0 Å². The Morgan fingerprint density at radius 2 is 1.56 bits per heavy atom. The molecule has 0 spiro atoms. The van der Waals surface area contributed by atoms with E-state index >= 15 is 0 Å². The van der Waals surface area contributed by atoms with E-state index in [-0.39, 0.29) is 5.54 Å². The van der Waals surface area contributed by atoms with Crippen molar-refractivity contribution < 1.29 is 0 Å². The molecule has 2 N–H and O–H groups in total. The molecule has 1 saturated carbocycles. The van der Waals surface area contributed by atoms with Crippen LogP contribution in [0.25, 0.3) is 0 Å². The van der Waals surface area contributed by atoms with Crippen LogP contribution in [-0.4, -0.2) is 5.54 Å². The SMILES string of the molecule is CCc1ccc(CC2(N)CC(C)CC(C)C2)cc1. The van der Waals surface area contributed by atoms with Gasteiger partial charge in [0.15, 0.2) is 0 Å². The molecule has 1 aliphatic carbocycles. The highest BCUT2D eigenvalue weighted by atomic mass is 14.8. The van der Waals surface area contributed by atoms with E-state index in [0.29, 0.717) is 0 Å². The van der Waals surface area contributed by atoms with E-state index in [9.17, 15) is 0 Å². The van der Waals surface area contributed by atoms with Crippen LogP contribution in [0.4, 0.5) is 0 Å². The third-order valence-corrected chi connectivity index (χ3v) is 4.30. The largest absolute Gasteiger partial charge is 0.325 e. The first-order valence-corrected chi connectivity index (χ1v) is 7.37. The minimum absolute atomic E-state index is 0.0187. The highest BCUT2D eigenvalue weighted by molar-refractivity contribution is 5.24. The summed E-state index contributed by atoms with van der Waals surface area (Å²) in [5.41, 5.74) is 9.47. The Kier molecular flexibility index (Phi) is 4.11. The highest BCUT2D eigenvalue weighted by Crippen LogP contribution is 2.36. The summed E-state index contributed by atoms with van der Waals surface area (Å²) in [4.78, 5) is 0. The Morgan fingerprint density at radius 1 is 1.06 bits per heavy atom. The van der Waals surface area contributed by atoms with E-state index in [1.165, 1.54) is 30.4 Å². The van der Waals surface area contributed by atoms with Gasteiger partial charge in [-0.05, 0) is 55.1 Å². The van der Waals surface area contributed by atoms with Crippen molar-refractivity contribution in [3.8, 4) is 0 Å². The van der Waals surface area contributed by atoms with Crippen molar-refractivity contribution in [3.05, 3.63) is 35.4 Å². The molecule has 1 heteroatoms. The van der Waals surface area contributed by atoms with Crippen molar-refractivity contribution in [3.63, 3.8) is 0 Å². The zero-order valence-electron chi connectivity index (χ0n) is 12.1. The molecule has 0 heterocycles. The fraction of sp³-hybridized carbons (Fsp3) is 0.647. The van der Waals surface area contributed by atoms with Gasteiger partial charge in [-0.2, -0.15) is 0 Å². The molecule has 100 valence electrons. The number of rotatable bonds is 3. The zero-order valence-corrected chi connectivity index (χ0v) is 12.1. The molecule has 1 aromatic rings. The topological polar surface area (TPSA) is 26.0 Å². The second kappa shape index (κ2) is 5.44. The van der Waals surface area contributed by atoms with Crippen LogP contribution >= 0.6 is 0 Å². The van der Waals surface area contributed by atoms with Crippen LogP contribution in [-0.2, 0) is 12.8 Å². The summed E-state index contributed by atoms with van der Waals surface area (Å²) in [6.07, 6.45) is 5.83. The number of benzene rings is 1. The van der Waals surface area contributed by atoms with Gasteiger partial charge >= 0.3 is 0 Å². The van der Waals surface area contributed by atoms with E-state index in [0.717, 1.165) is 24.7 Å². The normalized spacial score (nSPS) is 32.4. The minimum Gasteiger partial charge on any atom is -0.325 e. The Morgan fingerprint density at radius 3 is 2.06 bits per heavy atom. The van der Waals surface area contributed by atoms with E-state index < -0.39 is 0 Å². The maximum absolute atomic E-state index is 6.64. The molecule has 2 rings (SSSR count). The summed E-state index contributed by atoms with van der Waals surface area (Å²) in [7, 11) is 0. The smallest absolute Gasteiger partial charge is 0.0200 e. The molecule has 2 unspecified atom stereocenters. The maximum atomic E-state index is 6.64. The van der Waals surface area contributed by atoms with Gasteiger partial charge in [0.25, 0.3) is 0 Å². The fourth-order valence-corrected chi connectivity index (χ4v) is 3.77. The van der Waals surface area contributed by atoms with Gasteiger partial charge in [-0.25, -0.2) is 0 Å². The van der Waals surface area contributed by atoms with Gasteiger partial charge in [0.2, 0.25) is 0 Å². The van der Waals surface area contributed by atoms with Crippen LogP contribution < -0.4 is 5.73 Å². The van der Waals surface area contributed by atoms with Crippen molar-refractivity contribution in [2.75, 3.05) is 0 Å². The monoisotopic (exact) mass is 245 g/mol. The third kappa shape index (κ3) is 3.35. The van der Waals surface area contributed by atoms with Gasteiger partial charge in [0.05, 0.1) is 0 Å². The Bertz CT molecular complexity index is 369. The first-order valence-electron chi connectivity index (χ1n) is 7.37. The Balaban J connectivity index is 2.06. The lowest BCUT2D eigenvalue weighted by Crippen LogP contribution is -2.48. The zero-order chi connectivity index (χ0) is 13.2. The fourth-order valence-electron chi connectivity index (χ4n) is 3.77. The predicted molar refractivity (Wildman–Crippen MR) is 78.6 cm³/mol. The minimum atomic E-state index is 0.0187. The first kappa shape index (κ1) is 13.6. The summed E-state index contributed by atoms with van der Waals surface area (Å²) < 4.78 is 0. The van der Waals surface area contributed by atoms with Gasteiger partial charge in [-0.3, -0.25) is 0 Å². The highest BCUT2D eigenvalue weighted by Gasteiger charge is 2.34. The molecule has 0 amide bonds. The number of aryl methyl sites for hydroxylation is 1. The van der Waals surface area contributed by atoms with E-state index in [1.807, 2.05) is 0 Å². The molecule has 1 aromatic carbocycles. The summed E-state index contributed by atoms with van der Waals surface area (Å²) in [6.45, 7) is 6.89. The van der Waals surface area contributed by atoms with Crippen LogP contribution in [0.2, 0.25) is 0 Å². The lowest BCUT2D eigenvalue weighted by atomic mass is 9.70. The summed E-state index contributed by atoms with van der Waals surface area (Å²) in [6, 6.07) is 9.01. The third-order valence-electron chi connectivity index (χ3n) is 4.30. The molecule has 0 radical (unpaired) electrons. The van der Waals surface area contributed by atoms with Crippen molar-refractivity contribution in [1.82, 2.24) is 0 Å². The summed E-state index contributed by atoms with van der Waals surface area (Å²) >= 11 is 0. The molecule has 0 aromatic heterocycles. The number of nitrogens with two attached hydrogens (primary N) is 1. The quantitative estimate of drug-likeness (QED) is 0.857. The Hall–Kier alpha value is -0.820. The van der Waals surface area contributed by atoms with Crippen LogP contribution in [0.1, 0.15) is 51.2 Å². The average molecular weight is 245 g/mol. The molecule has 0 bridgehead atoms. The maximum Gasteiger partial charge on any atom is 0.0200 e.